The Hall–Kier alpha value is -3.41. The first-order valence-corrected chi connectivity index (χ1v) is 10.5. The molecular formula is C25H28N4O2. The molecule has 1 aromatic heterocycles. The van der Waals surface area contributed by atoms with Gasteiger partial charge < -0.3 is 9.80 Å². The van der Waals surface area contributed by atoms with Crippen molar-refractivity contribution in [2.24, 2.45) is 5.41 Å². The highest BCUT2D eigenvalue weighted by molar-refractivity contribution is 5.93. The molecule has 0 saturated carbocycles. The van der Waals surface area contributed by atoms with Crippen LogP contribution in [-0.2, 0) is 11.2 Å². The minimum atomic E-state index is -0.634. The summed E-state index contributed by atoms with van der Waals surface area (Å²) in [7, 11) is 3.57. The van der Waals surface area contributed by atoms with Crippen molar-refractivity contribution in [3.63, 3.8) is 0 Å². The smallest absolute Gasteiger partial charge is 0.271 e. The van der Waals surface area contributed by atoms with E-state index < -0.39 is 5.41 Å². The summed E-state index contributed by atoms with van der Waals surface area (Å²) in [4.78, 5) is 29.5. The van der Waals surface area contributed by atoms with Crippen LogP contribution in [0.4, 0.5) is 0 Å². The molecular weight excluding hydrogens is 388 g/mol. The van der Waals surface area contributed by atoms with Crippen LogP contribution in [-0.4, -0.2) is 59.0 Å². The first kappa shape index (κ1) is 20.8. The number of carbonyl (C=O) groups is 2. The molecule has 31 heavy (non-hydrogen) atoms. The lowest BCUT2D eigenvalue weighted by Gasteiger charge is -2.31. The van der Waals surface area contributed by atoms with Gasteiger partial charge in [-0.15, -0.1) is 0 Å². The van der Waals surface area contributed by atoms with Crippen LogP contribution < -0.4 is 0 Å². The maximum atomic E-state index is 13.3. The van der Waals surface area contributed by atoms with E-state index in [1.54, 1.807) is 36.2 Å². The van der Waals surface area contributed by atoms with Crippen molar-refractivity contribution < 1.29 is 9.59 Å². The Morgan fingerprint density at radius 3 is 2.55 bits per heavy atom. The zero-order valence-electron chi connectivity index (χ0n) is 18.3. The molecule has 160 valence electrons. The molecule has 2 heterocycles. The molecule has 1 fully saturated rings. The highest BCUT2D eigenvalue weighted by Crippen LogP contribution is 2.37. The van der Waals surface area contributed by atoms with Gasteiger partial charge in [-0.1, -0.05) is 54.1 Å². The highest BCUT2D eigenvalue weighted by Gasteiger charge is 2.47. The van der Waals surface area contributed by atoms with E-state index in [0.717, 1.165) is 16.7 Å². The van der Waals surface area contributed by atoms with Crippen molar-refractivity contribution in [3.05, 3.63) is 77.6 Å². The first-order chi connectivity index (χ1) is 14.9. The third kappa shape index (κ3) is 4.24. The van der Waals surface area contributed by atoms with E-state index in [1.165, 1.54) is 5.56 Å². The van der Waals surface area contributed by atoms with Gasteiger partial charge in [0.1, 0.15) is 5.69 Å². The average Bonchev–Trinajstić information content (AvgIpc) is 3.44. The number of hydrogen-bond donors (Lipinski definition) is 1. The Kier molecular flexibility index (Phi) is 5.63. The fourth-order valence-corrected chi connectivity index (χ4v) is 4.46. The Bertz CT molecular complexity index is 1070. The Morgan fingerprint density at radius 1 is 1.10 bits per heavy atom. The Labute approximate surface area is 182 Å². The Balaban J connectivity index is 1.61. The summed E-state index contributed by atoms with van der Waals surface area (Å²) < 4.78 is 0. The van der Waals surface area contributed by atoms with Gasteiger partial charge in [0.25, 0.3) is 5.91 Å². The van der Waals surface area contributed by atoms with Gasteiger partial charge in [0.05, 0.1) is 5.41 Å². The number of nitrogens with one attached hydrogen (secondary N) is 1. The molecule has 6 heteroatoms. The van der Waals surface area contributed by atoms with Gasteiger partial charge >= 0.3 is 0 Å². The maximum absolute atomic E-state index is 13.3. The number of nitrogens with zero attached hydrogens (tertiary/aromatic N) is 3. The molecule has 1 atom stereocenters. The van der Waals surface area contributed by atoms with Crippen LogP contribution in [0.3, 0.4) is 0 Å². The number of aryl methyl sites for hydroxylation is 1. The number of hydrogen-bond acceptors (Lipinski definition) is 3. The fraction of sp³-hybridized carbons (Fsp3) is 0.320. The third-order valence-corrected chi connectivity index (χ3v) is 6.09. The van der Waals surface area contributed by atoms with Crippen molar-refractivity contribution in [2.75, 3.05) is 27.2 Å². The molecule has 1 N–H and O–H groups in total. The van der Waals surface area contributed by atoms with E-state index in [9.17, 15) is 9.59 Å². The molecule has 1 aliphatic rings. The van der Waals surface area contributed by atoms with Gasteiger partial charge in [-0.05, 0) is 42.5 Å². The molecule has 6 nitrogen and oxygen atoms in total. The third-order valence-electron chi connectivity index (χ3n) is 6.09. The summed E-state index contributed by atoms with van der Waals surface area (Å²) in [6.07, 6.45) is 2.80. The van der Waals surface area contributed by atoms with Crippen molar-refractivity contribution in [2.45, 2.75) is 19.8 Å². The van der Waals surface area contributed by atoms with Crippen molar-refractivity contribution in [1.29, 1.82) is 0 Å². The van der Waals surface area contributed by atoms with Crippen LogP contribution in [0.15, 0.2) is 60.8 Å². The number of carbonyl (C=O) groups excluding carboxylic acids is 2. The zero-order valence-corrected chi connectivity index (χ0v) is 18.3. The minimum absolute atomic E-state index is 0.0631. The summed E-state index contributed by atoms with van der Waals surface area (Å²) in [5, 5.41) is 6.61. The first-order valence-electron chi connectivity index (χ1n) is 10.5. The predicted molar refractivity (Wildman–Crippen MR) is 121 cm³/mol. The van der Waals surface area contributed by atoms with Crippen molar-refractivity contribution >= 4 is 11.8 Å². The lowest BCUT2D eigenvalue weighted by atomic mass is 9.79. The number of H-pyrrole nitrogens is 1. The molecule has 2 aromatic carbocycles. The standard InChI is InChI=1S/C25H28N4O2/c1-18-7-9-20(10-8-18)21-6-4-5-19(15-21)16-25(24(31)28(2)3)12-14-29(17-25)23(30)22-11-13-26-27-22/h4-11,13,15H,12,14,16-17H2,1-3H3,(H,26,27)/t25-/m1/s1. The average molecular weight is 417 g/mol. The van der Waals surface area contributed by atoms with E-state index in [2.05, 4.69) is 59.6 Å². The summed E-state index contributed by atoms with van der Waals surface area (Å²) in [5.74, 6) is -0.0486. The normalized spacial score (nSPS) is 18.2. The molecule has 0 bridgehead atoms. The van der Waals surface area contributed by atoms with Crippen LogP contribution in [0.2, 0.25) is 0 Å². The van der Waals surface area contributed by atoms with Crippen molar-refractivity contribution in [3.8, 4) is 11.1 Å². The van der Waals surface area contributed by atoms with Gasteiger partial charge in [0.2, 0.25) is 5.91 Å². The number of aromatic amines is 1. The van der Waals surface area contributed by atoms with Crippen LogP contribution in [0.1, 0.15) is 28.0 Å². The van der Waals surface area contributed by atoms with Crippen molar-refractivity contribution in [1.82, 2.24) is 20.0 Å². The van der Waals surface area contributed by atoms with E-state index in [1.807, 2.05) is 6.07 Å². The summed E-state index contributed by atoms with van der Waals surface area (Å²) in [6.45, 7) is 3.03. The van der Waals surface area contributed by atoms with Crippen LogP contribution >= 0.6 is 0 Å². The second-order valence-corrected chi connectivity index (χ2v) is 8.67. The molecule has 2 amide bonds. The molecule has 0 aliphatic carbocycles. The number of rotatable bonds is 5. The van der Waals surface area contributed by atoms with Gasteiger partial charge in [-0.2, -0.15) is 5.10 Å². The van der Waals surface area contributed by atoms with E-state index in [4.69, 9.17) is 0 Å². The van der Waals surface area contributed by atoms with Gasteiger partial charge in [-0.25, -0.2) is 0 Å². The molecule has 0 unspecified atom stereocenters. The second kappa shape index (κ2) is 8.38. The molecule has 1 aliphatic heterocycles. The van der Waals surface area contributed by atoms with Crippen LogP contribution in [0.25, 0.3) is 11.1 Å². The molecule has 4 rings (SSSR count). The van der Waals surface area contributed by atoms with Crippen LogP contribution in [0, 0.1) is 12.3 Å². The van der Waals surface area contributed by atoms with E-state index >= 15 is 0 Å². The Morgan fingerprint density at radius 2 is 1.87 bits per heavy atom. The SMILES string of the molecule is Cc1ccc(-c2cccc(C[C@]3(C(=O)N(C)C)CCN(C(=O)c4ccn[nH]4)C3)c2)cc1. The zero-order chi connectivity index (χ0) is 22.0. The quantitative estimate of drug-likeness (QED) is 0.692. The number of likely N-dealkylation sites (tertiary alicyclic amines) is 1. The highest BCUT2D eigenvalue weighted by atomic mass is 16.2. The maximum Gasteiger partial charge on any atom is 0.271 e. The van der Waals surface area contributed by atoms with Gasteiger partial charge in [-0.3, -0.25) is 14.7 Å². The molecule has 1 saturated heterocycles. The van der Waals surface area contributed by atoms with E-state index in [-0.39, 0.29) is 11.8 Å². The molecule has 0 spiro atoms. The fourth-order valence-electron chi connectivity index (χ4n) is 4.46. The molecule has 0 radical (unpaired) electrons. The van der Waals surface area contributed by atoms with Gasteiger partial charge in [0, 0.05) is 33.4 Å². The topological polar surface area (TPSA) is 69.3 Å². The summed E-state index contributed by atoms with van der Waals surface area (Å²) >= 11 is 0. The summed E-state index contributed by atoms with van der Waals surface area (Å²) in [5.41, 5.74) is 4.43. The summed E-state index contributed by atoms with van der Waals surface area (Å²) in [6, 6.07) is 18.5. The largest absolute Gasteiger partial charge is 0.348 e. The monoisotopic (exact) mass is 416 g/mol. The number of benzene rings is 2. The van der Waals surface area contributed by atoms with E-state index in [0.29, 0.717) is 31.6 Å². The predicted octanol–water partition coefficient (Wildman–Crippen LogP) is 3.55. The second-order valence-electron chi connectivity index (χ2n) is 8.67. The lowest BCUT2D eigenvalue weighted by molar-refractivity contribution is -0.138. The number of amides is 2. The van der Waals surface area contributed by atoms with Crippen LogP contribution in [0.5, 0.6) is 0 Å². The minimum Gasteiger partial charge on any atom is -0.348 e. The lowest BCUT2D eigenvalue weighted by Crippen LogP contribution is -2.44. The van der Waals surface area contributed by atoms with Gasteiger partial charge in [0.15, 0.2) is 0 Å². The molecule has 3 aromatic rings. The number of aromatic nitrogens is 2.